The first-order valence-electron chi connectivity index (χ1n) is 6.36. The lowest BCUT2D eigenvalue weighted by atomic mass is 9.86. The van der Waals surface area contributed by atoms with E-state index < -0.39 is 0 Å². The van der Waals surface area contributed by atoms with Crippen LogP contribution in [-0.2, 0) is 0 Å². The van der Waals surface area contributed by atoms with Gasteiger partial charge in [-0.3, -0.25) is 4.79 Å². The van der Waals surface area contributed by atoms with Crippen LogP contribution in [0.1, 0.15) is 36.0 Å². The second-order valence-electron chi connectivity index (χ2n) is 4.88. The van der Waals surface area contributed by atoms with Crippen LogP contribution in [0.2, 0.25) is 0 Å². The first-order chi connectivity index (χ1) is 8.69. The molecule has 0 unspecified atom stereocenters. The first-order valence-corrected chi connectivity index (χ1v) is 6.36. The molecule has 0 aliphatic heterocycles. The molecule has 4 heteroatoms. The molecule has 98 valence electrons. The van der Waals surface area contributed by atoms with Crippen LogP contribution in [0.25, 0.3) is 0 Å². The summed E-state index contributed by atoms with van der Waals surface area (Å²) in [6.07, 6.45) is 3.70. The molecule has 0 heterocycles. The zero-order chi connectivity index (χ0) is 13.0. The molecule has 0 aromatic heterocycles. The van der Waals surface area contributed by atoms with E-state index in [9.17, 15) is 9.18 Å². The number of carbonyl (C=O) groups is 1. The Balaban J connectivity index is 1.86. The van der Waals surface area contributed by atoms with Gasteiger partial charge in [0.15, 0.2) is 0 Å². The lowest BCUT2D eigenvalue weighted by Gasteiger charge is -2.27. The molecule has 0 bridgehead atoms. The molecule has 0 atom stereocenters. The summed E-state index contributed by atoms with van der Waals surface area (Å²) >= 11 is 0. The van der Waals surface area contributed by atoms with Crippen LogP contribution in [0, 0.1) is 11.7 Å². The second-order valence-corrected chi connectivity index (χ2v) is 4.88. The molecule has 1 aliphatic rings. The average Bonchev–Trinajstić information content (AvgIpc) is 2.40. The highest BCUT2D eigenvalue weighted by molar-refractivity contribution is 5.94. The Morgan fingerprint density at radius 1 is 1.22 bits per heavy atom. The van der Waals surface area contributed by atoms with Crippen molar-refractivity contribution in [1.29, 1.82) is 0 Å². The highest BCUT2D eigenvalue weighted by atomic mass is 19.1. The molecule has 0 saturated heterocycles. The molecule has 0 spiro atoms. The quantitative estimate of drug-likeness (QED) is 0.864. The van der Waals surface area contributed by atoms with E-state index in [0.717, 1.165) is 25.7 Å². The van der Waals surface area contributed by atoms with Crippen molar-refractivity contribution in [3.63, 3.8) is 0 Å². The predicted molar refractivity (Wildman–Crippen MR) is 66.7 cm³/mol. The third-order valence-electron chi connectivity index (χ3n) is 3.55. The normalized spacial score (nSPS) is 23.7. The summed E-state index contributed by atoms with van der Waals surface area (Å²) in [6.45, 7) is 0.235. The minimum atomic E-state index is -0.338. The summed E-state index contributed by atoms with van der Waals surface area (Å²) in [4.78, 5) is 11.9. The number of hydrogen-bond donors (Lipinski definition) is 2. The molecular weight excluding hydrogens is 233 g/mol. The summed E-state index contributed by atoms with van der Waals surface area (Å²) in [7, 11) is 0. The van der Waals surface area contributed by atoms with E-state index in [2.05, 4.69) is 5.32 Å². The zero-order valence-corrected chi connectivity index (χ0v) is 10.2. The van der Waals surface area contributed by atoms with Crippen molar-refractivity contribution in [1.82, 2.24) is 5.32 Å². The fourth-order valence-corrected chi connectivity index (χ4v) is 2.36. The SMILES string of the molecule is O=C(NC1CCC(CO)CC1)c1ccc(F)cc1. The summed E-state index contributed by atoms with van der Waals surface area (Å²) in [5.41, 5.74) is 0.487. The lowest BCUT2D eigenvalue weighted by molar-refractivity contribution is 0.0914. The minimum Gasteiger partial charge on any atom is -0.396 e. The Morgan fingerprint density at radius 3 is 2.39 bits per heavy atom. The summed E-state index contributed by atoms with van der Waals surface area (Å²) in [5.74, 6) is -0.110. The number of nitrogens with one attached hydrogen (secondary N) is 1. The molecule has 0 radical (unpaired) electrons. The maximum absolute atomic E-state index is 12.7. The molecule has 1 fully saturated rings. The van der Waals surface area contributed by atoms with Crippen molar-refractivity contribution < 1.29 is 14.3 Å². The average molecular weight is 251 g/mol. The molecule has 3 nitrogen and oxygen atoms in total. The second kappa shape index (κ2) is 5.96. The van der Waals surface area contributed by atoms with Crippen molar-refractivity contribution in [3.05, 3.63) is 35.6 Å². The van der Waals surface area contributed by atoms with Gasteiger partial charge in [0.2, 0.25) is 0 Å². The number of aliphatic hydroxyl groups excluding tert-OH is 1. The zero-order valence-electron chi connectivity index (χ0n) is 10.2. The predicted octanol–water partition coefficient (Wildman–Crippen LogP) is 2.11. The van der Waals surface area contributed by atoms with Gasteiger partial charge >= 0.3 is 0 Å². The van der Waals surface area contributed by atoms with Gasteiger partial charge in [-0.2, -0.15) is 0 Å². The Hall–Kier alpha value is -1.42. The standard InChI is InChI=1S/C14H18FNO2/c15-12-5-3-11(4-6-12)14(18)16-13-7-1-10(9-17)2-8-13/h3-6,10,13,17H,1-2,7-9H2,(H,16,18). The highest BCUT2D eigenvalue weighted by Gasteiger charge is 2.22. The Bertz CT molecular complexity index is 397. The van der Waals surface area contributed by atoms with Gasteiger partial charge in [-0.1, -0.05) is 0 Å². The van der Waals surface area contributed by atoms with Crippen LogP contribution >= 0.6 is 0 Å². The van der Waals surface area contributed by atoms with E-state index in [1.807, 2.05) is 0 Å². The topological polar surface area (TPSA) is 49.3 Å². The fraction of sp³-hybridized carbons (Fsp3) is 0.500. The van der Waals surface area contributed by atoms with E-state index in [4.69, 9.17) is 5.11 Å². The summed E-state index contributed by atoms with van der Waals surface area (Å²) < 4.78 is 12.7. The van der Waals surface area contributed by atoms with Gasteiger partial charge in [0, 0.05) is 18.2 Å². The van der Waals surface area contributed by atoms with Crippen molar-refractivity contribution in [2.24, 2.45) is 5.92 Å². The fourth-order valence-electron chi connectivity index (χ4n) is 2.36. The van der Waals surface area contributed by atoms with Crippen LogP contribution in [0.4, 0.5) is 4.39 Å². The van der Waals surface area contributed by atoms with Crippen LogP contribution < -0.4 is 5.32 Å². The number of amides is 1. The van der Waals surface area contributed by atoms with Crippen LogP contribution in [-0.4, -0.2) is 23.7 Å². The molecular formula is C14H18FNO2. The molecule has 1 aromatic rings. The number of aliphatic hydroxyl groups is 1. The molecule has 1 amide bonds. The maximum atomic E-state index is 12.7. The van der Waals surface area contributed by atoms with Gasteiger partial charge in [0.25, 0.3) is 5.91 Å². The monoisotopic (exact) mass is 251 g/mol. The molecule has 2 N–H and O–H groups in total. The van der Waals surface area contributed by atoms with Gasteiger partial charge < -0.3 is 10.4 Å². The van der Waals surface area contributed by atoms with E-state index >= 15 is 0 Å². The van der Waals surface area contributed by atoms with Gasteiger partial charge in [0.1, 0.15) is 5.82 Å². The number of hydrogen-bond acceptors (Lipinski definition) is 2. The third-order valence-corrected chi connectivity index (χ3v) is 3.55. The van der Waals surface area contributed by atoms with Crippen LogP contribution in [0.3, 0.4) is 0 Å². The highest BCUT2D eigenvalue weighted by Crippen LogP contribution is 2.23. The molecule has 2 rings (SSSR count). The number of carbonyl (C=O) groups excluding carboxylic acids is 1. The maximum Gasteiger partial charge on any atom is 0.251 e. The molecule has 18 heavy (non-hydrogen) atoms. The summed E-state index contributed by atoms with van der Waals surface area (Å²) in [6, 6.07) is 5.73. The molecule has 1 aliphatic carbocycles. The van der Waals surface area contributed by atoms with Crippen molar-refractivity contribution in [2.45, 2.75) is 31.7 Å². The Labute approximate surface area is 106 Å². The van der Waals surface area contributed by atoms with Gasteiger partial charge in [0.05, 0.1) is 0 Å². The number of benzene rings is 1. The smallest absolute Gasteiger partial charge is 0.251 e. The first kappa shape index (κ1) is 13.0. The minimum absolute atomic E-state index is 0.151. The van der Waals surface area contributed by atoms with Gasteiger partial charge in [-0.05, 0) is 55.9 Å². The molecule has 1 saturated carbocycles. The number of rotatable bonds is 3. The third kappa shape index (κ3) is 3.29. The summed E-state index contributed by atoms with van der Waals surface area (Å²) in [5, 5.41) is 12.0. The van der Waals surface area contributed by atoms with Crippen LogP contribution in [0.15, 0.2) is 24.3 Å². The van der Waals surface area contributed by atoms with Crippen molar-refractivity contribution in [3.8, 4) is 0 Å². The van der Waals surface area contributed by atoms with Gasteiger partial charge in [-0.15, -0.1) is 0 Å². The van der Waals surface area contributed by atoms with Crippen molar-refractivity contribution >= 4 is 5.91 Å². The Morgan fingerprint density at radius 2 is 1.83 bits per heavy atom. The lowest BCUT2D eigenvalue weighted by Crippen LogP contribution is -2.38. The largest absolute Gasteiger partial charge is 0.396 e. The Kier molecular flexibility index (Phi) is 4.31. The van der Waals surface area contributed by atoms with E-state index in [1.54, 1.807) is 0 Å². The van der Waals surface area contributed by atoms with E-state index in [-0.39, 0.29) is 24.4 Å². The van der Waals surface area contributed by atoms with Crippen molar-refractivity contribution in [2.75, 3.05) is 6.61 Å². The van der Waals surface area contributed by atoms with Gasteiger partial charge in [-0.25, -0.2) is 4.39 Å². The van der Waals surface area contributed by atoms with Crippen LogP contribution in [0.5, 0.6) is 0 Å². The van der Waals surface area contributed by atoms with E-state index in [1.165, 1.54) is 24.3 Å². The molecule has 1 aromatic carbocycles. The van der Waals surface area contributed by atoms with E-state index in [0.29, 0.717) is 11.5 Å². The number of halogens is 1.